The Balaban J connectivity index is 2.34. The molecule has 0 aliphatic carbocycles. The van der Waals surface area contributed by atoms with Crippen LogP contribution in [-0.4, -0.2) is 38.6 Å². The highest BCUT2D eigenvalue weighted by Crippen LogP contribution is 2.26. The van der Waals surface area contributed by atoms with Crippen molar-refractivity contribution in [1.29, 1.82) is 0 Å². The molecule has 94 valence electrons. The summed E-state index contributed by atoms with van der Waals surface area (Å²) in [7, 11) is 0. The van der Waals surface area contributed by atoms with E-state index in [1.807, 2.05) is 0 Å². The summed E-state index contributed by atoms with van der Waals surface area (Å²) in [5, 5.41) is 18.3. The van der Waals surface area contributed by atoms with Gasteiger partial charge in [0.25, 0.3) is 5.56 Å². The van der Waals surface area contributed by atoms with Crippen molar-refractivity contribution in [2.24, 2.45) is 0 Å². The van der Waals surface area contributed by atoms with E-state index in [-0.39, 0.29) is 6.42 Å². The van der Waals surface area contributed by atoms with Crippen molar-refractivity contribution in [3.8, 4) is 0 Å². The molecule has 8 heteroatoms. The molecule has 2 unspecified atom stereocenters. The van der Waals surface area contributed by atoms with Crippen molar-refractivity contribution in [3.63, 3.8) is 0 Å². The molecular formula is C9H11FN2O5. The minimum Gasteiger partial charge on any atom is -0.394 e. The molecule has 1 aliphatic rings. The molecular weight excluding hydrogens is 235 g/mol. The molecule has 0 aromatic carbocycles. The average Bonchev–Trinajstić information content (AvgIpc) is 2.65. The zero-order valence-electron chi connectivity index (χ0n) is 8.67. The van der Waals surface area contributed by atoms with Gasteiger partial charge in [-0.1, -0.05) is 0 Å². The number of aromatic amines is 1. The number of aliphatic hydroxyl groups excluding tert-OH is 2. The highest BCUT2D eigenvalue weighted by atomic mass is 19.1. The van der Waals surface area contributed by atoms with E-state index in [0.29, 0.717) is 0 Å². The first kappa shape index (κ1) is 12.0. The van der Waals surface area contributed by atoms with Gasteiger partial charge in [-0.3, -0.25) is 14.3 Å². The molecule has 1 aromatic rings. The topological polar surface area (TPSA) is 105 Å². The van der Waals surface area contributed by atoms with Gasteiger partial charge in [0.15, 0.2) is 0 Å². The van der Waals surface area contributed by atoms with Crippen molar-refractivity contribution in [2.45, 2.75) is 24.9 Å². The molecule has 0 spiro atoms. The largest absolute Gasteiger partial charge is 0.394 e. The van der Waals surface area contributed by atoms with Crippen LogP contribution in [0.1, 0.15) is 12.6 Å². The summed E-state index contributed by atoms with van der Waals surface area (Å²) < 4.78 is 19.0. The molecule has 1 saturated heterocycles. The van der Waals surface area contributed by atoms with Crippen LogP contribution < -0.4 is 11.2 Å². The van der Waals surface area contributed by atoms with Crippen LogP contribution in [0.3, 0.4) is 0 Å². The molecule has 0 bridgehead atoms. The monoisotopic (exact) mass is 246 g/mol. The fourth-order valence-corrected chi connectivity index (χ4v) is 1.72. The Hall–Kier alpha value is -1.51. The molecule has 7 nitrogen and oxygen atoms in total. The Labute approximate surface area is 94.1 Å². The van der Waals surface area contributed by atoms with Gasteiger partial charge in [-0.05, 0) is 0 Å². The smallest absolute Gasteiger partial charge is 0.330 e. The summed E-state index contributed by atoms with van der Waals surface area (Å²) in [5.41, 5.74) is -1.93. The van der Waals surface area contributed by atoms with Crippen LogP contribution in [0.5, 0.6) is 0 Å². The van der Waals surface area contributed by atoms with E-state index in [4.69, 9.17) is 9.84 Å². The van der Waals surface area contributed by atoms with Gasteiger partial charge in [-0.25, -0.2) is 4.79 Å². The van der Waals surface area contributed by atoms with Crippen LogP contribution >= 0.6 is 0 Å². The van der Waals surface area contributed by atoms with Crippen LogP contribution in [0.25, 0.3) is 0 Å². The number of nitrogens with zero attached hydrogens (tertiary/aromatic N) is 1. The Bertz CT molecular complexity index is 525. The van der Waals surface area contributed by atoms with Crippen molar-refractivity contribution < 1.29 is 19.3 Å². The van der Waals surface area contributed by atoms with Gasteiger partial charge >= 0.3 is 5.69 Å². The second kappa shape index (κ2) is 4.40. The lowest BCUT2D eigenvalue weighted by molar-refractivity contribution is -0.0462. The molecule has 0 radical (unpaired) electrons. The van der Waals surface area contributed by atoms with E-state index >= 15 is 0 Å². The number of aromatic nitrogens is 2. The lowest BCUT2D eigenvalue weighted by Gasteiger charge is -2.13. The van der Waals surface area contributed by atoms with E-state index in [1.54, 1.807) is 4.98 Å². The molecule has 2 heterocycles. The normalized spacial score (nSPS) is 28.5. The number of H-pyrrole nitrogens is 1. The predicted octanol–water partition coefficient (Wildman–Crippen LogP) is -1.68. The number of rotatable bonds is 2. The Morgan fingerprint density at radius 1 is 1.59 bits per heavy atom. The van der Waals surface area contributed by atoms with Crippen LogP contribution in [0.2, 0.25) is 0 Å². The van der Waals surface area contributed by atoms with E-state index < -0.39 is 42.1 Å². The molecule has 1 aromatic heterocycles. The molecule has 3 N–H and O–H groups in total. The highest BCUT2D eigenvalue weighted by molar-refractivity contribution is 4.90. The molecule has 0 saturated carbocycles. The van der Waals surface area contributed by atoms with E-state index in [2.05, 4.69) is 0 Å². The van der Waals surface area contributed by atoms with Crippen LogP contribution in [0.4, 0.5) is 4.39 Å². The number of hydrogen-bond donors (Lipinski definition) is 3. The highest BCUT2D eigenvalue weighted by Gasteiger charge is 2.35. The summed E-state index contributed by atoms with van der Waals surface area (Å²) in [6, 6.07) is 0. The first-order valence-electron chi connectivity index (χ1n) is 4.98. The van der Waals surface area contributed by atoms with Gasteiger partial charge in [-0.15, -0.1) is 0 Å². The lowest BCUT2D eigenvalue weighted by atomic mass is 10.2. The molecule has 0 amide bonds. The third-order valence-electron chi connectivity index (χ3n) is 2.62. The summed E-state index contributed by atoms with van der Waals surface area (Å²) in [6.45, 7) is -0.405. The van der Waals surface area contributed by atoms with Crippen molar-refractivity contribution in [2.75, 3.05) is 6.61 Å². The maximum absolute atomic E-state index is 13.0. The first-order chi connectivity index (χ1) is 8.02. The van der Waals surface area contributed by atoms with Crippen LogP contribution in [0, 0.1) is 5.82 Å². The SMILES string of the molecule is O=c1[nH]c(=O)n(C2C[C@@H](O)C(CO)O2)cc1F. The van der Waals surface area contributed by atoms with Crippen LogP contribution in [0.15, 0.2) is 15.8 Å². The summed E-state index contributed by atoms with van der Waals surface area (Å²) >= 11 is 0. The molecule has 1 fully saturated rings. The standard InChI is InChI=1S/C9H11FN2O5/c10-4-2-12(9(16)11-8(4)15)7-1-5(14)6(3-13)17-7/h2,5-7,13-14H,1,3H2,(H,11,15,16)/t5-,6?,7?/m1/s1. The third kappa shape index (κ3) is 2.14. The summed E-state index contributed by atoms with van der Waals surface area (Å²) in [4.78, 5) is 24.0. The number of halogens is 1. The van der Waals surface area contributed by atoms with Gasteiger partial charge in [0.05, 0.1) is 18.9 Å². The van der Waals surface area contributed by atoms with Gasteiger partial charge < -0.3 is 14.9 Å². The minimum atomic E-state index is -1.12. The zero-order valence-corrected chi connectivity index (χ0v) is 8.67. The second-order valence-corrected chi connectivity index (χ2v) is 3.76. The molecule has 2 rings (SSSR count). The van der Waals surface area contributed by atoms with Crippen molar-refractivity contribution in [1.82, 2.24) is 9.55 Å². The van der Waals surface area contributed by atoms with Crippen molar-refractivity contribution >= 4 is 0 Å². The van der Waals surface area contributed by atoms with E-state index in [0.717, 1.165) is 10.8 Å². The second-order valence-electron chi connectivity index (χ2n) is 3.76. The van der Waals surface area contributed by atoms with Gasteiger partial charge in [0, 0.05) is 6.42 Å². The summed E-state index contributed by atoms with van der Waals surface area (Å²) in [6.07, 6.45) is -1.90. The Morgan fingerprint density at radius 3 is 2.88 bits per heavy atom. The number of ether oxygens (including phenoxy) is 1. The molecule has 3 atom stereocenters. The maximum Gasteiger partial charge on any atom is 0.330 e. The fraction of sp³-hybridized carbons (Fsp3) is 0.556. The predicted molar refractivity (Wildman–Crippen MR) is 52.9 cm³/mol. The van der Waals surface area contributed by atoms with E-state index in [1.165, 1.54) is 0 Å². The Kier molecular flexibility index (Phi) is 3.09. The lowest BCUT2D eigenvalue weighted by Crippen LogP contribution is -2.34. The van der Waals surface area contributed by atoms with Gasteiger partial charge in [-0.2, -0.15) is 4.39 Å². The minimum absolute atomic E-state index is 0.0383. The van der Waals surface area contributed by atoms with Crippen LogP contribution in [-0.2, 0) is 4.74 Å². The number of aliphatic hydroxyl groups is 2. The van der Waals surface area contributed by atoms with Crippen molar-refractivity contribution in [3.05, 3.63) is 32.9 Å². The van der Waals surface area contributed by atoms with Gasteiger partial charge in [0.1, 0.15) is 12.3 Å². The quantitative estimate of drug-likeness (QED) is 0.578. The molecule has 17 heavy (non-hydrogen) atoms. The fourth-order valence-electron chi connectivity index (χ4n) is 1.72. The van der Waals surface area contributed by atoms with E-state index in [9.17, 15) is 19.1 Å². The average molecular weight is 246 g/mol. The third-order valence-corrected chi connectivity index (χ3v) is 2.62. The Morgan fingerprint density at radius 2 is 2.29 bits per heavy atom. The number of nitrogens with one attached hydrogen (secondary N) is 1. The number of hydrogen-bond acceptors (Lipinski definition) is 5. The summed E-state index contributed by atoms with van der Waals surface area (Å²) in [5.74, 6) is -1.12. The molecule has 1 aliphatic heterocycles. The maximum atomic E-state index is 13.0. The first-order valence-corrected chi connectivity index (χ1v) is 4.98. The zero-order chi connectivity index (χ0) is 12.6. The van der Waals surface area contributed by atoms with Gasteiger partial charge in [0.2, 0.25) is 5.82 Å².